The maximum absolute atomic E-state index is 10.8. The van der Waals surface area contributed by atoms with Crippen molar-refractivity contribution in [2.24, 2.45) is 10.7 Å². The van der Waals surface area contributed by atoms with Gasteiger partial charge in [0.25, 0.3) is 0 Å². The Labute approximate surface area is 71.7 Å². The molecule has 0 atom stereocenters. The molecule has 0 aromatic carbocycles. The van der Waals surface area contributed by atoms with E-state index in [2.05, 4.69) is 4.99 Å². The number of hydrogen-bond acceptors (Lipinski definition) is 4. The highest BCUT2D eigenvalue weighted by Gasteiger charge is 2.10. The summed E-state index contributed by atoms with van der Waals surface area (Å²) in [4.78, 5) is 14.6. The second-order valence-electron chi connectivity index (χ2n) is 2.35. The summed E-state index contributed by atoms with van der Waals surface area (Å²) in [5.74, 6) is -0.333. The van der Waals surface area contributed by atoms with Gasteiger partial charge in [-0.05, 0) is 13.8 Å². The van der Waals surface area contributed by atoms with E-state index >= 15 is 0 Å². The van der Waals surface area contributed by atoms with Crippen LogP contribution in [0.15, 0.2) is 16.4 Å². The lowest BCUT2D eigenvalue weighted by Gasteiger charge is -2.01. The number of nitrogens with one attached hydrogen (secondary N) is 1. The van der Waals surface area contributed by atoms with Crippen LogP contribution < -0.4 is 5.73 Å². The van der Waals surface area contributed by atoms with Crippen LogP contribution >= 0.6 is 0 Å². The van der Waals surface area contributed by atoms with Crippen molar-refractivity contribution >= 4 is 17.7 Å². The highest BCUT2D eigenvalue weighted by atomic mass is 16.1. The lowest BCUT2D eigenvalue weighted by atomic mass is 10.2. The maximum atomic E-state index is 10.8. The molecule has 0 radical (unpaired) electrons. The molecule has 0 saturated heterocycles. The van der Waals surface area contributed by atoms with Crippen LogP contribution in [0.3, 0.4) is 0 Å². The molecule has 0 aromatic rings. The summed E-state index contributed by atoms with van der Waals surface area (Å²) < 4.78 is 0. The second-order valence-corrected chi connectivity index (χ2v) is 2.35. The lowest BCUT2D eigenvalue weighted by molar-refractivity contribution is -0.111. The van der Waals surface area contributed by atoms with Crippen molar-refractivity contribution in [2.75, 3.05) is 0 Å². The second kappa shape index (κ2) is 4.43. The highest BCUT2D eigenvalue weighted by Crippen LogP contribution is 2.02. The minimum Gasteiger partial charge on any atom is -0.400 e. The quantitative estimate of drug-likeness (QED) is 0.612. The first-order valence-electron chi connectivity index (χ1n) is 3.55. The van der Waals surface area contributed by atoms with Crippen LogP contribution in [0.5, 0.6) is 0 Å². The molecule has 4 heteroatoms. The van der Waals surface area contributed by atoms with Gasteiger partial charge in [-0.25, -0.2) is 0 Å². The van der Waals surface area contributed by atoms with Gasteiger partial charge < -0.3 is 5.73 Å². The predicted molar refractivity (Wildman–Crippen MR) is 49.5 cm³/mol. The highest BCUT2D eigenvalue weighted by molar-refractivity contribution is 6.44. The first-order valence-corrected chi connectivity index (χ1v) is 3.55. The van der Waals surface area contributed by atoms with Crippen molar-refractivity contribution in [1.82, 2.24) is 0 Å². The van der Waals surface area contributed by atoms with Gasteiger partial charge >= 0.3 is 0 Å². The number of ketones is 1. The molecule has 0 aliphatic carbocycles. The molecule has 4 nitrogen and oxygen atoms in total. The summed E-state index contributed by atoms with van der Waals surface area (Å²) in [6.45, 7) is 4.63. The Morgan fingerprint density at radius 2 is 2.00 bits per heavy atom. The third kappa shape index (κ3) is 2.65. The zero-order valence-electron chi connectivity index (χ0n) is 7.51. The smallest absolute Gasteiger partial charge is 0.179 e. The predicted octanol–water partition coefficient (Wildman–Crippen LogP) is 0.876. The Hall–Kier alpha value is -1.45. The van der Waals surface area contributed by atoms with Crippen LogP contribution in [0.1, 0.15) is 20.8 Å². The standard InChI is InChI=1S/C8H13N3O/c1-4-11-8(5(2)9)7(10)6(3)12/h4,10H,9H2,1-3H3. The third-order valence-electron chi connectivity index (χ3n) is 1.22. The fourth-order valence-corrected chi connectivity index (χ4v) is 0.659. The van der Waals surface area contributed by atoms with Gasteiger partial charge in [0.2, 0.25) is 0 Å². The average molecular weight is 167 g/mol. The average Bonchev–Trinajstić information content (AvgIpc) is 1.98. The molecule has 0 fully saturated rings. The number of aliphatic imine (C=N–C) groups is 1. The summed E-state index contributed by atoms with van der Waals surface area (Å²) in [5.41, 5.74) is 5.93. The molecule has 0 heterocycles. The summed E-state index contributed by atoms with van der Waals surface area (Å²) in [6.07, 6.45) is 1.50. The monoisotopic (exact) mass is 167 g/mol. The molecule has 0 rings (SSSR count). The molecule has 12 heavy (non-hydrogen) atoms. The van der Waals surface area contributed by atoms with Crippen LogP contribution in [0.2, 0.25) is 0 Å². The molecule has 66 valence electrons. The van der Waals surface area contributed by atoms with Gasteiger partial charge in [-0.3, -0.25) is 15.2 Å². The number of nitrogens with zero attached hydrogens (tertiary/aromatic N) is 1. The van der Waals surface area contributed by atoms with Crippen molar-refractivity contribution in [3.05, 3.63) is 11.4 Å². The normalized spacial score (nSPS) is 12.9. The Morgan fingerprint density at radius 3 is 2.25 bits per heavy atom. The fraction of sp³-hybridized carbons (Fsp3) is 0.375. The van der Waals surface area contributed by atoms with Crippen molar-refractivity contribution in [3.8, 4) is 0 Å². The van der Waals surface area contributed by atoms with Crippen LogP contribution in [0, 0.1) is 5.41 Å². The van der Waals surface area contributed by atoms with Crippen molar-refractivity contribution in [3.63, 3.8) is 0 Å². The zero-order valence-corrected chi connectivity index (χ0v) is 7.51. The van der Waals surface area contributed by atoms with Gasteiger partial charge in [-0.1, -0.05) is 0 Å². The van der Waals surface area contributed by atoms with E-state index in [0.29, 0.717) is 5.70 Å². The maximum Gasteiger partial charge on any atom is 0.179 e. The molecule has 0 bridgehead atoms. The van der Waals surface area contributed by atoms with E-state index in [4.69, 9.17) is 11.1 Å². The number of carbonyl (C=O) groups is 1. The van der Waals surface area contributed by atoms with Crippen LogP contribution in [-0.4, -0.2) is 17.7 Å². The van der Waals surface area contributed by atoms with E-state index in [1.165, 1.54) is 13.1 Å². The van der Waals surface area contributed by atoms with E-state index in [9.17, 15) is 4.79 Å². The minimum absolute atomic E-state index is 0.145. The van der Waals surface area contributed by atoms with Gasteiger partial charge in [-0.15, -0.1) is 0 Å². The van der Waals surface area contributed by atoms with Gasteiger partial charge in [0.15, 0.2) is 5.78 Å². The number of nitrogens with two attached hydrogens (primary N) is 1. The SMILES string of the molecule is CC=NC(C(=N)C(C)=O)=C(C)N. The fourth-order valence-electron chi connectivity index (χ4n) is 0.659. The van der Waals surface area contributed by atoms with Gasteiger partial charge in [-0.2, -0.15) is 0 Å². The topological polar surface area (TPSA) is 79.3 Å². The molecule has 0 spiro atoms. The number of allylic oxidation sites excluding steroid dienone is 2. The Morgan fingerprint density at radius 1 is 1.50 bits per heavy atom. The molecule has 0 aliphatic rings. The van der Waals surface area contributed by atoms with E-state index in [1.807, 2.05) is 0 Å². The summed E-state index contributed by atoms with van der Waals surface area (Å²) in [7, 11) is 0. The molecule has 0 aliphatic heterocycles. The largest absolute Gasteiger partial charge is 0.400 e. The summed E-state index contributed by atoms with van der Waals surface area (Å²) in [5, 5.41) is 7.33. The van der Waals surface area contributed by atoms with Crippen LogP contribution in [-0.2, 0) is 4.79 Å². The van der Waals surface area contributed by atoms with Gasteiger partial charge in [0.1, 0.15) is 11.4 Å². The van der Waals surface area contributed by atoms with Crippen molar-refractivity contribution in [2.45, 2.75) is 20.8 Å². The molecule has 0 unspecified atom stereocenters. The van der Waals surface area contributed by atoms with Crippen molar-refractivity contribution < 1.29 is 4.79 Å². The number of rotatable bonds is 3. The number of hydrogen-bond donors (Lipinski definition) is 2. The molecular formula is C8H13N3O. The van der Waals surface area contributed by atoms with Gasteiger partial charge in [0, 0.05) is 18.8 Å². The van der Waals surface area contributed by atoms with E-state index in [0.717, 1.165) is 0 Å². The Kier molecular flexibility index (Phi) is 3.90. The lowest BCUT2D eigenvalue weighted by Crippen LogP contribution is -2.14. The number of carbonyl (C=O) groups excluding carboxylic acids is 1. The Bertz CT molecular complexity index is 259. The number of Topliss-reactive ketones (excluding diaryl/α,β-unsaturated/α-hetero) is 1. The zero-order chi connectivity index (χ0) is 9.72. The minimum atomic E-state index is -0.333. The molecule has 0 aromatic heterocycles. The van der Waals surface area contributed by atoms with E-state index in [1.54, 1.807) is 13.8 Å². The summed E-state index contributed by atoms with van der Waals surface area (Å²) in [6, 6.07) is 0. The van der Waals surface area contributed by atoms with Crippen LogP contribution in [0.25, 0.3) is 0 Å². The van der Waals surface area contributed by atoms with Gasteiger partial charge in [0.05, 0.1) is 0 Å². The van der Waals surface area contributed by atoms with E-state index in [-0.39, 0.29) is 17.2 Å². The van der Waals surface area contributed by atoms with E-state index < -0.39 is 0 Å². The molecular weight excluding hydrogens is 154 g/mol. The molecule has 0 amide bonds. The first kappa shape index (κ1) is 10.6. The first-order chi connectivity index (χ1) is 5.50. The molecule has 3 N–H and O–H groups in total. The Balaban J connectivity index is 4.91. The van der Waals surface area contributed by atoms with Crippen molar-refractivity contribution in [1.29, 1.82) is 5.41 Å². The molecule has 0 saturated carbocycles. The third-order valence-corrected chi connectivity index (χ3v) is 1.22. The van der Waals surface area contributed by atoms with Crippen LogP contribution in [0.4, 0.5) is 0 Å². The summed E-state index contributed by atoms with van der Waals surface area (Å²) >= 11 is 0.